The number of rotatable bonds is 13. The number of benzene rings is 3. The van der Waals surface area contributed by atoms with Crippen LogP contribution in [0, 0.1) is 18.8 Å². The molecular formula is C54H76IN3O. The second kappa shape index (κ2) is 17.9. The van der Waals surface area contributed by atoms with Crippen LogP contribution in [-0.4, -0.2) is 39.3 Å². The highest BCUT2D eigenvalue weighted by molar-refractivity contribution is 14.1. The number of nitrogens with one attached hydrogen (secondary N) is 1. The third-order valence-electron chi connectivity index (χ3n) is 16.7. The van der Waals surface area contributed by atoms with E-state index in [0.717, 1.165) is 25.2 Å². The first-order chi connectivity index (χ1) is 28.7. The van der Waals surface area contributed by atoms with E-state index in [1.807, 2.05) is 0 Å². The summed E-state index contributed by atoms with van der Waals surface area (Å²) in [6.07, 6.45) is 23.9. The van der Waals surface area contributed by atoms with Crippen molar-refractivity contribution in [1.29, 1.82) is 0 Å². The molecule has 5 heteroatoms. The summed E-state index contributed by atoms with van der Waals surface area (Å²) >= 11 is 2.59. The minimum atomic E-state index is -0.0350. The second-order valence-corrected chi connectivity index (χ2v) is 21.7. The molecule has 59 heavy (non-hydrogen) atoms. The van der Waals surface area contributed by atoms with Crippen LogP contribution in [0.4, 0.5) is 5.69 Å². The highest BCUT2D eigenvalue weighted by Gasteiger charge is 2.50. The molecule has 1 N–H and O–H groups in total. The molecule has 2 aliphatic carbocycles. The van der Waals surface area contributed by atoms with Gasteiger partial charge in [0.2, 0.25) is 0 Å². The fraction of sp³-hybridized carbons (Fsp3) is 0.667. The number of hydrogen-bond donors (Lipinski definition) is 1. The lowest BCUT2D eigenvalue weighted by molar-refractivity contribution is 0.00677. The summed E-state index contributed by atoms with van der Waals surface area (Å²) in [4.78, 5) is 2.98. The summed E-state index contributed by atoms with van der Waals surface area (Å²) in [5.41, 5.74) is 10.5. The molecule has 0 spiro atoms. The molecule has 4 nitrogen and oxygen atoms in total. The van der Waals surface area contributed by atoms with Gasteiger partial charge in [0.1, 0.15) is 0 Å². The number of anilines is 1. The standard InChI is InChI=1S/C54H76IN3O/c1-7-13-40(16-12-31-55)57-47-25-18-35(3)17-23-42(47)46-34-39(22-28-50(46)57)54(6)30-29-52-53(56-54)43(51(8-2)59-52)24-20-37(5)38-21-27-49-45(33-38)44-32-36(4)19-26-48(44)58(49)41-14-10-9-11-15-41/h19,21-22,26-28,32-35,37,40-43,47,51-53,56H,7-18,20,23-25,29-31H2,1-6H3. The Bertz CT molecular complexity index is 2070. The van der Waals surface area contributed by atoms with Gasteiger partial charge >= 0.3 is 0 Å². The van der Waals surface area contributed by atoms with Crippen molar-refractivity contribution in [1.82, 2.24) is 9.88 Å². The van der Waals surface area contributed by atoms with Crippen LogP contribution < -0.4 is 10.2 Å². The number of piperidine rings is 1. The van der Waals surface area contributed by atoms with E-state index in [1.54, 1.807) is 11.3 Å². The number of fused-ring (bicyclic) bond motifs is 7. The van der Waals surface area contributed by atoms with Crippen LogP contribution >= 0.6 is 22.6 Å². The number of ether oxygens (including phenoxy) is 1. The molecular weight excluding hydrogens is 834 g/mol. The lowest BCUT2D eigenvalue weighted by Crippen LogP contribution is -2.56. The van der Waals surface area contributed by atoms with Crippen molar-refractivity contribution >= 4 is 50.1 Å². The Balaban J connectivity index is 0.954. The first-order valence-corrected chi connectivity index (χ1v) is 26.2. The van der Waals surface area contributed by atoms with Crippen molar-refractivity contribution < 1.29 is 4.74 Å². The second-order valence-electron chi connectivity index (χ2n) is 20.7. The van der Waals surface area contributed by atoms with Crippen molar-refractivity contribution in [2.75, 3.05) is 9.33 Å². The van der Waals surface area contributed by atoms with Crippen molar-refractivity contribution in [2.45, 2.75) is 211 Å². The Morgan fingerprint density at radius 2 is 1.64 bits per heavy atom. The van der Waals surface area contributed by atoms with Gasteiger partial charge in [0.25, 0.3) is 0 Å². The zero-order valence-corrected chi connectivity index (χ0v) is 39.7. The lowest BCUT2D eigenvalue weighted by Gasteiger charge is -2.43. The quantitative estimate of drug-likeness (QED) is 0.107. The Kier molecular flexibility index (Phi) is 12.8. The molecule has 2 saturated carbocycles. The van der Waals surface area contributed by atoms with E-state index in [2.05, 4.69) is 134 Å². The number of alkyl halides is 1. The summed E-state index contributed by atoms with van der Waals surface area (Å²) < 4.78 is 10.9. The molecule has 0 radical (unpaired) electrons. The molecule has 3 aromatic carbocycles. The summed E-state index contributed by atoms with van der Waals surface area (Å²) in [6.45, 7) is 14.5. The van der Waals surface area contributed by atoms with Crippen LogP contribution in [0.1, 0.15) is 190 Å². The number of aromatic nitrogens is 1. The molecule has 320 valence electrons. The topological polar surface area (TPSA) is 29.4 Å². The third-order valence-corrected chi connectivity index (χ3v) is 17.5. The zero-order valence-electron chi connectivity index (χ0n) is 37.6. The number of hydrogen-bond acceptors (Lipinski definition) is 3. The maximum Gasteiger partial charge on any atom is 0.0736 e. The van der Waals surface area contributed by atoms with Gasteiger partial charge in [-0.2, -0.15) is 0 Å². The zero-order chi connectivity index (χ0) is 40.8. The van der Waals surface area contributed by atoms with Crippen LogP contribution in [0.3, 0.4) is 0 Å². The third kappa shape index (κ3) is 8.07. The van der Waals surface area contributed by atoms with Crippen LogP contribution in [0.25, 0.3) is 21.8 Å². The number of nitrogens with zero attached hydrogens (tertiary/aromatic N) is 2. The van der Waals surface area contributed by atoms with E-state index in [1.165, 1.54) is 139 Å². The molecule has 1 aromatic heterocycles. The van der Waals surface area contributed by atoms with Crippen LogP contribution in [0.15, 0.2) is 54.6 Å². The molecule has 10 unspecified atom stereocenters. The van der Waals surface area contributed by atoms with E-state index in [9.17, 15) is 0 Å². The minimum Gasteiger partial charge on any atom is -0.373 e. The molecule has 5 aliphatic rings. The Morgan fingerprint density at radius 1 is 0.864 bits per heavy atom. The molecule has 2 saturated heterocycles. The van der Waals surface area contributed by atoms with Crippen molar-refractivity contribution in [3.8, 4) is 0 Å². The molecule has 10 atom stereocenters. The van der Waals surface area contributed by atoms with E-state index < -0.39 is 0 Å². The van der Waals surface area contributed by atoms with E-state index in [-0.39, 0.29) is 5.54 Å². The van der Waals surface area contributed by atoms with E-state index in [0.29, 0.717) is 54.1 Å². The highest BCUT2D eigenvalue weighted by atomic mass is 127. The average Bonchev–Trinajstić information content (AvgIpc) is 3.83. The van der Waals surface area contributed by atoms with Gasteiger partial charge in [-0.15, -0.1) is 0 Å². The van der Waals surface area contributed by atoms with Crippen LogP contribution in [0.5, 0.6) is 0 Å². The Hall–Kier alpha value is -2.09. The highest BCUT2D eigenvalue weighted by Crippen LogP contribution is 2.52. The van der Waals surface area contributed by atoms with Gasteiger partial charge in [-0.3, -0.25) is 0 Å². The van der Waals surface area contributed by atoms with Crippen LogP contribution in [0.2, 0.25) is 0 Å². The molecule has 9 rings (SSSR count). The molecule has 0 amide bonds. The maximum atomic E-state index is 6.96. The van der Waals surface area contributed by atoms with Gasteiger partial charge in [0.15, 0.2) is 0 Å². The number of halogens is 1. The monoisotopic (exact) mass is 910 g/mol. The number of aryl methyl sites for hydroxylation is 1. The van der Waals surface area contributed by atoms with E-state index >= 15 is 0 Å². The normalized spacial score (nSPS) is 31.0. The first kappa shape index (κ1) is 42.2. The van der Waals surface area contributed by atoms with Gasteiger partial charge < -0.3 is 19.5 Å². The fourth-order valence-corrected chi connectivity index (χ4v) is 13.8. The van der Waals surface area contributed by atoms with Gasteiger partial charge in [0, 0.05) is 69.0 Å². The summed E-state index contributed by atoms with van der Waals surface area (Å²) in [5.74, 6) is 2.56. The van der Waals surface area contributed by atoms with Gasteiger partial charge in [-0.05, 0) is 161 Å². The smallest absolute Gasteiger partial charge is 0.0736 e. The Morgan fingerprint density at radius 3 is 2.42 bits per heavy atom. The Labute approximate surface area is 371 Å². The van der Waals surface area contributed by atoms with Crippen molar-refractivity contribution in [3.05, 3.63) is 76.9 Å². The SMILES string of the molecule is CCCC(CCCI)N1c2ccc(C3(C)CCC4OC(CC)C(CCC(C)c5ccc6c(c5)c5cc(C)ccc5n6C5CCCCC5)C4N3)cc2C2CCC(C)CCC21. The average molecular weight is 910 g/mol. The van der Waals surface area contributed by atoms with Crippen LogP contribution in [-0.2, 0) is 10.3 Å². The van der Waals surface area contributed by atoms with Crippen molar-refractivity contribution in [3.63, 3.8) is 0 Å². The van der Waals surface area contributed by atoms with Gasteiger partial charge in [-0.1, -0.05) is 112 Å². The summed E-state index contributed by atoms with van der Waals surface area (Å²) in [7, 11) is 0. The first-order valence-electron chi connectivity index (χ1n) is 24.7. The van der Waals surface area contributed by atoms with E-state index in [4.69, 9.17) is 4.74 Å². The predicted molar refractivity (Wildman–Crippen MR) is 260 cm³/mol. The fourth-order valence-electron chi connectivity index (χ4n) is 13.4. The summed E-state index contributed by atoms with van der Waals surface area (Å²) in [6, 6.07) is 24.9. The molecule has 4 fully saturated rings. The molecule has 0 bridgehead atoms. The molecule has 4 aromatic rings. The largest absolute Gasteiger partial charge is 0.373 e. The summed E-state index contributed by atoms with van der Waals surface area (Å²) in [5, 5.41) is 7.30. The molecule has 3 aliphatic heterocycles. The van der Waals surface area contributed by atoms with Gasteiger partial charge in [-0.25, -0.2) is 0 Å². The van der Waals surface area contributed by atoms with Crippen molar-refractivity contribution in [2.24, 2.45) is 11.8 Å². The lowest BCUT2D eigenvalue weighted by atomic mass is 9.75. The minimum absolute atomic E-state index is 0.0350. The molecule has 4 heterocycles. The predicted octanol–water partition coefficient (Wildman–Crippen LogP) is 14.8. The maximum absolute atomic E-state index is 6.96. The van der Waals surface area contributed by atoms with Gasteiger partial charge in [0.05, 0.1) is 12.2 Å².